The SMILES string of the molecule is Cc1ccccc1C1C(C(=O)O)CS1(=O)=O. The Hall–Kier alpha value is -1.36. The summed E-state index contributed by atoms with van der Waals surface area (Å²) >= 11 is 0. The van der Waals surface area contributed by atoms with Crippen molar-refractivity contribution in [1.82, 2.24) is 0 Å². The van der Waals surface area contributed by atoms with Crippen LogP contribution in [0, 0.1) is 12.8 Å². The second-order valence-electron chi connectivity index (χ2n) is 4.05. The number of hydrogen-bond acceptors (Lipinski definition) is 3. The molecule has 16 heavy (non-hydrogen) atoms. The highest BCUT2D eigenvalue weighted by atomic mass is 32.2. The molecule has 0 bridgehead atoms. The molecular weight excluding hydrogens is 228 g/mol. The lowest BCUT2D eigenvalue weighted by atomic mass is 9.96. The highest BCUT2D eigenvalue weighted by Gasteiger charge is 2.51. The standard InChI is InChI=1S/C11H12O4S/c1-7-4-2-3-5-8(7)10-9(11(12)13)6-16(10,14)15/h2-5,9-10H,6H2,1H3,(H,12,13). The predicted octanol–water partition coefficient (Wildman–Crippen LogP) is 1.17. The van der Waals surface area contributed by atoms with Crippen molar-refractivity contribution in [2.75, 3.05) is 5.75 Å². The van der Waals surface area contributed by atoms with Crippen LogP contribution in [0.4, 0.5) is 0 Å². The number of benzene rings is 1. The summed E-state index contributed by atoms with van der Waals surface area (Å²) in [6, 6.07) is 7.02. The molecule has 4 nitrogen and oxygen atoms in total. The average molecular weight is 240 g/mol. The van der Waals surface area contributed by atoms with E-state index >= 15 is 0 Å². The maximum absolute atomic E-state index is 11.6. The van der Waals surface area contributed by atoms with Gasteiger partial charge >= 0.3 is 5.97 Å². The molecule has 1 heterocycles. The molecule has 2 atom stereocenters. The molecule has 2 unspecified atom stereocenters. The Morgan fingerprint density at radius 3 is 2.50 bits per heavy atom. The molecule has 1 fully saturated rings. The van der Waals surface area contributed by atoms with Crippen LogP contribution in [0.3, 0.4) is 0 Å². The van der Waals surface area contributed by atoms with Crippen molar-refractivity contribution in [3.8, 4) is 0 Å². The maximum Gasteiger partial charge on any atom is 0.309 e. The smallest absolute Gasteiger partial charge is 0.309 e. The zero-order valence-electron chi connectivity index (χ0n) is 8.75. The molecular formula is C11H12O4S. The van der Waals surface area contributed by atoms with Gasteiger partial charge in [0.25, 0.3) is 0 Å². The lowest BCUT2D eigenvalue weighted by molar-refractivity contribution is -0.141. The minimum atomic E-state index is -3.27. The van der Waals surface area contributed by atoms with Crippen molar-refractivity contribution >= 4 is 15.8 Å². The van der Waals surface area contributed by atoms with Crippen LogP contribution in [0.2, 0.25) is 0 Å². The topological polar surface area (TPSA) is 71.4 Å². The lowest BCUT2D eigenvalue weighted by Gasteiger charge is -2.34. The highest BCUT2D eigenvalue weighted by Crippen LogP contribution is 2.42. The molecule has 2 rings (SSSR count). The van der Waals surface area contributed by atoms with E-state index in [9.17, 15) is 13.2 Å². The zero-order chi connectivity index (χ0) is 11.9. The summed E-state index contributed by atoms with van der Waals surface area (Å²) in [7, 11) is -3.27. The summed E-state index contributed by atoms with van der Waals surface area (Å²) in [4.78, 5) is 10.9. The average Bonchev–Trinajstić information content (AvgIpc) is 2.18. The van der Waals surface area contributed by atoms with Gasteiger partial charge in [0.05, 0.1) is 11.7 Å². The number of hydrogen-bond donors (Lipinski definition) is 1. The van der Waals surface area contributed by atoms with E-state index in [0.29, 0.717) is 5.56 Å². The fourth-order valence-corrected chi connectivity index (χ4v) is 4.14. The summed E-state index contributed by atoms with van der Waals surface area (Å²) in [6.45, 7) is 1.79. The number of carboxylic acids is 1. The van der Waals surface area contributed by atoms with Crippen LogP contribution < -0.4 is 0 Å². The second kappa shape index (κ2) is 3.59. The van der Waals surface area contributed by atoms with E-state index in [1.807, 2.05) is 0 Å². The Kier molecular flexibility index (Phi) is 2.50. The third-order valence-corrected chi connectivity index (χ3v) is 5.16. The normalized spacial score (nSPS) is 27.1. The predicted molar refractivity (Wildman–Crippen MR) is 58.8 cm³/mol. The molecule has 0 aromatic heterocycles. The van der Waals surface area contributed by atoms with E-state index in [-0.39, 0.29) is 5.75 Å². The van der Waals surface area contributed by atoms with Crippen LogP contribution in [-0.2, 0) is 14.6 Å². The van der Waals surface area contributed by atoms with Crippen molar-refractivity contribution in [3.05, 3.63) is 35.4 Å². The number of carbonyl (C=O) groups is 1. The lowest BCUT2D eigenvalue weighted by Crippen LogP contribution is -2.45. The van der Waals surface area contributed by atoms with Gasteiger partial charge in [0.15, 0.2) is 9.84 Å². The first kappa shape index (κ1) is 11.1. The van der Waals surface area contributed by atoms with Gasteiger partial charge in [-0.25, -0.2) is 8.42 Å². The van der Waals surface area contributed by atoms with Gasteiger partial charge in [-0.05, 0) is 18.1 Å². The van der Waals surface area contributed by atoms with Gasteiger partial charge in [0.2, 0.25) is 0 Å². The first-order valence-corrected chi connectivity index (χ1v) is 6.65. The molecule has 1 aliphatic heterocycles. The molecule has 0 amide bonds. The molecule has 0 saturated carbocycles. The summed E-state index contributed by atoms with van der Waals surface area (Å²) in [5.74, 6) is -2.09. The molecule has 0 aliphatic carbocycles. The van der Waals surface area contributed by atoms with E-state index in [1.54, 1.807) is 31.2 Å². The van der Waals surface area contributed by atoms with E-state index in [1.165, 1.54) is 0 Å². The third-order valence-electron chi connectivity index (χ3n) is 2.98. The summed E-state index contributed by atoms with van der Waals surface area (Å²) < 4.78 is 23.2. The van der Waals surface area contributed by atoms with Crippen molar-refractivity contribution in [3.63, 3.8) is 0 Å². The number of aliphatic carboxylic acids is 1. The molecule has 1 aliphatic rings. The number of rotatable bonds is 2. The fraction of sp³-hybridized carbons (Fsp3) is 0.364. The number of sulfone groups is 1. The summed E-state index contributed by atoms with van der Waals surface area (Å²) in [5, 5.41) is 8.05. The first-order valence-electron chi connectivity index (χ1n) is 4.93. The largest absolute Gasteiger partial charge is 0.481 e. The zero-order valence-corrected chi connectivity index (χ0v) is 9.57. The Balaban J connectivity index is 2.46. The minimum absolute atomic E-state index is 0.249. The highest BCUT2D eigenvalue weighted by molar-refractivity contribution is 7.93. The van der Waals surface area contributed by atoms with Gasteiger partial charge in [-0.15, -0.1) is 0 Å². The quantitative estimate of drug-likeness (QED) is 0.842. The number of carboxylic acid groups (broad SMARTS) is 1. The van der Waals surface area contributed by atoms with E-state index in [4.69, 9.17) is 5.11 Å². The van der Waals surface area contributed by atoms with Gasteiger partial charge in [0, 0.05) is 0 Å². The van der Waals surface area contributed by atoms with Gasteiger partial charge in [-0.3, -0.25) is 4.79 Å². The monoisotopic (exact) mass is 240 g/mol. The molecule has 5 heteroatoms. The van der Waals surface area contributed by atoms with Crippen LogP contribution in [0.5, 0.6) is 0 Å². The van der Waals surface area contributed by atoms with Gasteiger partial charge in [-0.2, -0.15) is 0 Å². The Morgan fingerprint density at radius 1 is 1.38 bits per heavy atom. The molecule has 86 valence electrons. The van der Waals surface area contributed by atoms with Crippen molar-refractivity contribution < 1.29 is 18.3 Å². The van der Waals surface area contributed by atoms with Crippen molar-refractivity contribution in [1.29, 1.82) is 0 Å². The molecule has 1 N–H and O–H groups in total. The minimum Gasteiger partial charge on any atom is -0.481 e. The fourth-order valence-electron chi connectivity index (χ4n) is 2.09. The molecule has 1 aromatic carbocycles. The van der Waals surface area contributed by atoms with Gasteiger partial charge in [0.1, 0.15) is 5.25 Å². The number of aryl methyl sites for hydroxylation is 1. The van der Waals surface area contributed by atoms with Crippen molar-refractivity contribution in [2.45, 2.75) is 12.2 Å². The van der Waals surface area contributed by atoms with Crippen LogP contribution in [-0.4, -0.2) is 25.2 Å². The van der Waals surface area contributed by atoms with E-state index < -0.39 is 27.0 Å². The van der Waals surface area contributed by atoms with E-state index in [0.717, 1.165) is 5.56 Å². The Morgan fingerprint density at radius 2 is 2.00 bits per heavy atom. The van der Waals surface area contributed by atoms with Gasteiger partial charge < -0.3 is 5.11 Å². The summed E-state index contributed by atoms with van der Waals surface area (Å²) in [6.07, 6.45) is 0. The molecule has 0 radical (unpaired) electrons. The third kappa shape index (κ3) is 1.61. The molecule has 1 saturated heterocycles. The van der Waals surface area contributed by atoms with Crippen molar-refractivity contribution in [2.24, 2.45) is 5.92 Å². The van der Waals surface area contributed by atoms with E-state index in [2.05, 4.69) is 0 Å². The van der Waals surface area contributed by atoms with Gasteiger partial charge in [-0.1, -0.05) is 24.3 Å². The maximum atomic E-state index is 11.6. The summed E-state index contributed by atoms with van der Waals surface area (Å²) in [5.41, 5.74) is 1.43. The Bertz CT molecular complexity index is 533. The van der Waals surface area contributed by atoms with Crippen LogP contribution in [0.15, 0.2) is 24.3 Å². The van der Waals surface area contributed by atoms with Crippen LogP contribution >= 0.6 is 0 Å². The first-order chi connectivity index (χ1) is 7.43. The second-order valence-corrected chi connectivity index (χ2v) is 6.22. The molecule has 1 aromatic rings. The Labute approximate surface area is 93.8 Å². The van der Waals surface area contributed by atoms with Crippen LogP contribution in [0.25, 0.3) is 0 Å². The van der Waals surface area contributed by atoms with Crippen LogP contribution in [0.1, 0.15) is 16.4 Å². The molecule has 0 spiro atoms.